The predicted octanol–water partition coefficient (Wildman–Crippen LogP) is 1.67. The molecule has 0 spiro atoms. The molecule has 1 N–H and O–H groups in total. The first-order valence-corrected chi connectivity index (χ1v) is 5.55. The van der Waals surface area contributed by atoms with Crippen LogP contribution in [0.3, 0.4) is 0 Å². The lowest BCUT2D eigenvalue weighted by Crippen LogP contribution is -2.32. The van der Waals surface area contributed by atoms with E-state index < -0.39 is 5.97 Å². The van der Waals surface area contributed by atoms with Crippen molar-refractivity contribution < 1.29 is 14.7 Å². The highest BCUT2D eigenvalue weighted by Gasteiger charge is 2.15. The first-order chi connectivity index (χ1) is 8.04. The molecular weight excluding hydrogens is 244 g/mol. The quantitative estimate of drug-likeness (QED) is 0.814. The van der Waals surface area contributed by atoms with Gasteiger partial charge in [-0.2, -0.15) is 0 Å². The Morgan fingerprint density at radius 3 is 2.76 bits per heavy atom. The van der Waals surface area contributed by atoms with Crippen molar-refractivity contribution >= 4 is 23.5 Å². The standard InChI is InChI=1S/C11H13ClN2O3/c1-2-14(6-4-10(15)16)11(17)8-3-5-13-9(12)7-8/h3,5,7H,2,4,6H2,1H3,(H,15,16). The summed E-state index contributed by atoms with van der Waals surface area (Å²) in [5, 5.41) is 8.83. The van der Waals surface area contributed by atoms with Gasteiger partial charge in [0.2, 0.25) is 0 Å². The molecule has 0 aliphatic heterocycles. The molecule has 0 fully saturated rings. The summed E-state index contributed by atoms with van der Waals surface area (Å²) in [6, 6.07) is 3.02. The van der Waals surface area contributed by atoms with Crippen LogP contribution in [0.25, 0.3) is 0 Å². The van der Waals surface area contributed by atoms with Crippen LogP contribution in [-0.4, -0.2) is 40.0 Å². The SMILES string of the molecule is CCN(CCC(=O)O)C(=O)c1ccnc(Cl)c1. The minimum Gasteiger partial charge on any atom is -0.481 e. The molecule has 0 aromatic carbocycles. The molecule has 1 rings (SSSR count). The molecule has 92 valence electrons. The summed E-state index contributed by atoms with van der Waals surface area (Å²) in [6.45, 7) is 2.43. The van der Waals surface area contributed by atoms with Gasteiger partial charge in [-0.1, -0.05) is 11.6 Å². The summed E-state index contributed by atoms with van der Waals surface area (Å²) in [5.41, 5.74) is 0.414. The van der Waals surface area contributed by atoms with Crippen LogP contribution in [0.2, 0.25) is 5.15 Å². The number of aliphatic carboxylic acids is 1. The molecule has 0 radical (unpaired) electrons. The summed E-state index contributed by atoms with van der Waals surface area (Å²) in [7, 11) is 0. The maximum atomic E-state index is 12.0. The third-order valence-corrected chi connectivity index (χ3v) is 2.44. The van der Waals surface area contributed by atoms with Crippen molar-refractivity contribution in [3.05, 3.63) is 29.0 Å². The highest BCUT2D eigenvalue weighted by molar-refractivity contribution is 6.29. The lowest BCUT2D eigenvalue weighted by atomic mass is 10.2. The van der Waals surface area contributed by atoms with Crippen LogP contribution in [0.15, 0.2) is 18.3 Å². The monoisotopic (exact) mass is 256 g/mol. The number of rotatable bonds is 5. The normalized spacial score (nSPS) is 10.0. The fourth-order valence-corrected chi connectivity index (χ4v) is 1.53. The lowest BCUT2D eigenvalue weighted by Gasteiger charge is -2.19. The number of hydrogen-bond donors (Lipinski definition) is 1. The van der Waals surface area contributed by atoms with E-state index in [0.29, 0.717) is 12.1 Å². The number of carboxylic acid groups (broad SMARTS) is 1. The molecule has 6 heteroatoms. The molecule has 0 bridgehead atoms. The van der Waals surface area contributed by atoms with Crippen LogP contribution in [-0.2, 0) is 4.79 Å². The van der Waals surface area contributed by atoms with E-state index in [1.165, 1.54) is 17.2 Å². The average Bonchev–Trinajstić information content (AvgIpc) is 2.29. The Labute approximate surface area is 104 Å². The Kier molecular flexibility index (Phi) is 4.90. The van der Waals surface area contributed by atoms with E-state index in [-0.39, 0.29) is 24.0 Å². The third-order valence-electron chi connectivity index (χ3n) is 2.24. The second kappa shape index (κ2) is 6.20. The van der Waals surface area contributed by atoms with Crippen molar-refractivity contribution in [2.75, 3.05) is 13.1 Å². The maximum absolute atomic E-state index is 12.0. The number of hydrogen-bond acceptors (Lipinski definition) is 3. The predicted molar refractivity (Wildman–Crippen MR) is 63.1 cm³/mol. The molecule has 17 heavy (non-hydrogen) atoms. The van der Waals surface area contributed by atoms with E-state index in [1.54, 1.807) is 13.0 Å². The highest BCUT2D eigenvalue weighted by atomic mass is 35.5. The molecule has 5 nitrogen and oxygen atoms in total. The lowest BCUT2D eigenvalue weighted by molar-refractivity contribution is -0.137. The molecule has 0 saturated carbocycles. The first kappa shape index (κ1) is 13.4. The Balaban J connectivity index is 2.75. The fraction of sp³-hybridized carbons (Fsp3) is 0.364. The summed E-state index contributed by atoms with van der Waals surface area (Å²) in [4.78, 5) is 27.7. The molecule has 1 aromatic rings. The van der Waals surface area contributed by atoms with Crippen LogP contribution in [0.4, 0.5) is 0 Å². The van der Waals surface area contributed by atoms with Crippen molar-refractivity contribution in [1.29, 1.82) is 0 Å². The number of nitrogens with zero attached hydrogens (tertiary/aromatic N) is 2. The van der Waals surface area contributed by atoms with Gasteiger partial charge in [0.1, 0.15) is 5.15 Å². The maximum Gasteiger partial charge on any atom is 0.305 e. The Morgan fingerprint density at radius 1 is 1.53 bits per heavy atom. The molecule has 1 heterocycles. The van der Waals surface area contributed by atoms with Crippen molar-refractivity contribution in [3.63, 3.8) is 0 Å². The van der Waals surface area contributed by atoms with E-state index in [4.69, 9.17) is 16.7 Å². The van der Waals surface area contributed by atoms with Crippen molar-refractivity contribution in [1.82, 2.24) is 9.88 Å². The molecule has 1 amide bonds. The van der Waals surface area contributed by atoms with Gasteiger partial charge < -0.3 is 10.0 Å². The minimum atomic E-state index is -0.927. The number of aromatic nitrogens is 1. The minimum absolute atomic E-state index is 0.0710. The zero-order valence-corrected chi connectivity index (χ0v) is 10.1. The molecule has 0 saturated heterocycles. The molecular formula is C11H13ClN2O3. The van der Waals surface area contributed by atoms with Gasteiger partial charge in [-0.25, -0.2) is 4.98 Å². The molecule has 0 atom stereocenters. The highest BCUT2D eigenvalue weighted by Crippen LogP contribution is 2.10. The first-order valence-electron chi connectivity index (χ1n) is 5.17. The van der Waals surface area contributed by atoms with Crippen molar-refractivity contribution in [2.24, 2.45) is 0 Å². The number of halogens is 1. The number of pyridine rings is 1. The van der Waals surface area contributed by atoms with E-state index in [2.05, 4.69) is 4.98 Å². The molecule has 0 aliphatic rings. The van der Waals surface area contributed by atoms with E-state index in [1.807, 2.05) is 0 Å². The van der Waals surface area contributed by atoms with E-state index in [0.717, 1.165) is 0 Å². The Hall–Kier alpha value is -1.62. The second-order valence-electron chi connectivity index (χ2n) is 3.40. The number of carbonyl (C=O) groups is 2. The van der Waals surface area contributed by atoms with Gasteiger partial charge in [-0.3, -0.25) is 9.59 Å². The number of carbonyl (C=O) groups excluding carboxylic acids is 1. The van der Waals surface area contributed by atoms with Gasteiger partial charge in [-0.05, 0) is 19.1 Å². The Bertz CT molecular complexity index is 423. The Morgan fingerprint density at radius 2 is 2.24 bits per heavy atom. The smallest absolute Gasteiger partial charge is 0.305 e. The van der Waals surface area contributed by atoms with Crippen molar-refractivity contribution in [2.45, 2.75) is 13.3 Å². The van der Waals surface area contributed by atoms with Crippen LogP contribution in [0, 0.1) is 0 Å². The molecule has 1 aromatic heterocycles. The average molecular weight is 257 g/mol. The summed E-state index contributed by atoms with van der Waals surface area (Å²) >= 11 is 5.69. The largest absolute Gasteiger partial charge is 0.481 e. The summed E-state index contributed by atoms with van der Waals surface area (Å²) < 4.78 is 0. The van der Waals surface area contributed by atoms with Gasteiger partial charge in [0.05, 0.1) is 6.42 Å². The van der Waals surface area contributed by atoms with Crippen LogP contribution < -0.4 is 0 Å². The zero-order chi connectivity index (χ0) is 12.8. The van der Waals surface area contributed by atoms with E-state index >= 15 is 0 Å². The van der Waals surface area contributed by atoms with E-state index in [9.17, 15) is 9.59 Å². The number of carboxylic acids is 1. The topological polar surface area (TPSA) is 70.5 Å². The van der Waals surface area contributed by atoms with Gasteiger partial charge >= 0.3 is 5.97 Å². The molecule has 0 unspecified atom stereocenters. The second-order valence-corrected chi connectivity index (χ2v) is 3.78. The van der Waals surface area contributed by atoms with Gasteiger partial charge in [0.25, 0.3) is 5.91 Å². The summed E-state index contributed by atoms with van der Waals surface area (Å²) in [5.74, 6) is -1.16. The van der Waals surface area contributed by atoms with Gasteiger partial charge in [-0.15, -0.1) is 0 Å². The van der Waals surface area contributed by atoms with Crippen LogP contribution >= 0.6 is 11.6 Å². The summed E-state index contributed by atoms with van der Waals surface area (Å²) in [6.07, 6.45) is 1.37. The fourth-order valence-electron chi connectivity index (χ4n) is 1.35. The van der Waals surface area contributed by atoms with Crippen LogP contribution in [0.1, 0.15) is 23.7 Å². The molecule has 0 aliphatic carbocycles. The van der Waals surface area contributed by atoms with Gasteiger partial charge in [0, 0.05) is 24.8 Å². The van der Waals surface area contributed by atoms with Crippen molar-refractivity contribution in [3.8, 4) is 0 Å². The van der Waals surface area contributed by atoms with Gasteiger partial charge in [0.15, 0.2) is 0 Å². The zero-order valence-electron chi connectivity index (χ0n) is 9.39. The van der Waals surface area contributed by atoms with Crippen LogP contribution in [0.5, 0.6) is 0 Å². The third kappa shape index (κ3) is 4.03. The number of amides is 1.